The Morgan fingerprint density at radius 1 is 1.07 bits per heavy atom. The highest BCUT2D eigenvalue weighted by Crippen LogP contribution is 2.28. The molecule has 7 nitrogen and oxygen atoms in total. The molecule has 1 aromatic heterocycles. The fraction of sp³-hybridized carbons (Fsp3) is 0.0952. The maximum atomic E-state index is 12.5. The van der Waals surface area contributed by atoms with Gasteiger partial charge in [-0.25, -0.2) is 0 Å². The molecule has 0 aliphatic heterocycles. The number of anilines is 2. The highest BCUT2D eigenvalue weighted by atomic mass is 35.5. The van der Waals surface area contributed by atoms with Gasteiger partial charge in [0.15, 0.2) is 10.9 Å². The van der Waals surface area contributed by atoms with Crippen LogP contribution in [-0.4, -0.2) is 24.0 Å². The van der Waals surface area contributed by atoms with E-state index in [1.807, 2.05) is 6.92 Å². The van der Waals surface area contributed by atoms with Crippen molar-refractivity contribution in [3.8, 4) is 5.75 Å². The van der Waals surface area contributed by atoms with E-state index in [1.54, 1.807) is 48.5 Å². The van der Waals surface area contributed by atoms with Gasteiger partial charge in [-0.15, -0.1) is 0 Å². The number of halogens is 1. The molecule has 0 atom stereocenters. The average Bonchev–Trinajstić information content (AvgIpc) is 3.23. The molecule has 9 heteroatoms. The van der Waals surface area contributed by atoms with Gasteiger partial charge in [0, 0.05) is 5.69 Å². The number of methoxy groups -OCH3 is 1. The number of hydrogen-bond acceptors (Lipinski definition) is 5. The van der Waals surface area contributed by atoms with Crippen molar-refractivity contribution >= 4 is 52.1 Å². The van der Waals surface area contributed by atoms with E-state index in [0.29, 0.717) is 27.7 Å². The van der Waals surface area contributed by atoms with Crippen LogP contribution in [0.3, 0.4) is 0 Å². The number of furan rings is 1. The predicted molar refractivity (Wildman–Crippen MR) is 120 cm³/mol. The number of thiocarbonyl (C=S) groups is 1. The van der Waals surface area contributed by atoms with E-state index in [0.717, 1.165) is 5.56 Å². The van der Waals surface area contributed by atoms with E-state index in [4.69, 9.17) is 33.0 Å². The Morgan fingerprint density at radius 3 is 2.53 bits per heavy atom. The summed E-state index contributed by atoms with van der Waals surface area (Å²) < 4.78 is 10.4. The summed E-state index contributed by atoms with van der Waals surface area (Å²) >= 11 is 11.4. The number of amides is 2. The number of aryl methyl sites for hydroxylation is 1. The van der Waals surface area contributed by atoms with Gasteiger partial charge in [-0.2, -0.15) is 0 Å². The smallest absolute Gasteiger partial charge is 0.291 e. The minimum atomic E-state index is -0.446. The van der Waals surface area contributed by atoms with Gasteiger partial charge in [0.25, 0.3) is 11.8 Å². The van der Waals surface area contributed by atoms with Gasteiger partial charge in [-0.1, -0.05) is 17.7 Å². The number of carbonyl (C=O) groups is 2. The van der Waals surface area contributed by atoms with E-state index in [9.17, 15) is 9.59 Å². The minimum Gasteiger partial charge on any atom is -0.495 e. The first kappa shape index (κ1) is 21.4. The van der Waals surface area contributed by atoms with Crippen LogP contribution in [0, 0.1) is 6.92 Å². The summed E-state index contributed by atoms with van der Waals surface area (Å²) in [5, 5.41) is 8.56. The average molecular weight is 444 g/mol. The number of rotatable bonds is 5. The second-order valence-electron chi connectivity index (χ2n) is 6.24. The van der Waals surface area contributed by atoms with E-state index < -0.39 is 11.8 Å². The molecular weight excluding hydrogens is 426 g/mol. The lowest BCUT2D eigenvalue weighted by atomic mass is 10.1. The lowest BCUT2D eigenvalue weighted by Crippen LogP contribution is -2.34. The van der Waals surface area contributed by atoms with E-state index >= 15 is 0 Å². The third-order valence-corrected chi connectivity index (χ3v) is 4.56. The molecule has 3 N–H and O–H groups in total. The van der Waals surface area contributed by atoms with Crippen molar-refractivity contribution in [1.29, 1.82) is 0 Å². The van der Waals surface area contributed by atoms with Gasteiger partial charge < -0.3 is 19.8 Å². The summed E-state index contributed by atoms with van der Waals surface area (Å²) in [5.74, 6) is -0.200. The zero-order chi connectivity index (χ0) is 21.7. The third-order valence-electron chi connectivity index (χ3n) is 4.05. The first-order chi connectivity index (χ1) is 14.4. The molecule has 0 aliphatic carbocycles. The largest absolute Gasteiger partial charge is 0.495 e. The van der Waals surface area contributed by atoms with E-state index in [2.05, 4.69) is 16.0 Å². The van der Waals surface area contributed by atoms with Gasteiger partial charge in [0.2, 0.25) is 0 Å². The SMILES string of the molecule is COc1ccc(NC(=O)c2ccco2)cc1NC(=S)NC(=O)c1ccc(C)cc1Cl. The highest BCUT2D eigenvalue weighted by Gasteiger charge is 2.15. The predicted octanol–water partition coefficient (Wildman–Crippen LogP) is 4.63. The van der Waals surface area contributed by atoms with Crippen LogP contribution in [0.2, 0.25) is 5.02 Å². The summed E-state index contributed by atoms with van der Waals surface area (Å²) in [6.07, 6.45) is 1.41. The summed E-state index contributed by atoms with van der Waals surface area (Å²) in [5.41, 5.74) is 2.18. The van der Waals surface area contributed by atoms with Crippen molar-refractivity contribution in [2.75, 3.05) is 17.7 Å². The molecule has 154 valence electrons. The standard InChI is InChI=1S/C21H18ClN3O4S/c1-12-5-7-14(15(22)10-12)19(26)25-21(30)24-16-11-13(6-8-17(16)28-2)23-20(27)18-4-3-9-29-18/h3-11H,1-2H3,(H,23,27)(H2,24,25,26,30). The molecule has 2 aromatic carbocycles. The number of hydrogen-bond donors (Lipinski definition) is 3. The molecule has 2 amide bonds. The molecule has 1 heterocycles. The van der Waals surface area contributed by atoms with Gasteiger partial charge >= 0.3 is 0 Å². The fourth-order valence-electron chi connectivity index (χ4n) is 2.61. The van der Waals surface area contributed by atoms with Crippen molar-refractivity contribution in [3.05, 3.63) is 76.7 Å². The van der Waals surface area contributed by atoms with Crippen LogP contribution >= 0.6 is 23.8 Å². The van der Waals surface area contributed by atoms with Crippen LogP contribution in [0.1, 0.15) is 26.5 Å². The molecule has 30 heavy (non-hydrogen) atoms. The Kier molecular flexibility index (Phi) is 6.71. The molecule has 3 rings (SSSR count). The topological polar surface area (TPSA) is 92.6 Å². The van der Waals surface area contributed by atoms with Crippen LogP contribution in [0.4, 0.5) is 11.4 Å². The first-order valence-electron chi connectivity index (χ1n) is 8.78. The van der Waals surface area contributed by atoms with E-state index in [1.165, 1.54) is 13.4 Å². The van der Waals surface area contributed by atoms with Crippen molar-refractivity contribution in [2.24, 2.45) is 0 Å². The van der Waals surface area contributed by atoms with Crippen LogP contribution in [0.25, 0.3) is 0 Å². The van der Waals surface area contributed by atoms with Gasteiger partial charge in [0.1, 0.15) is 5.75 Å². The molecule has 0 saturated carbocycles. The number of benzene rings is 2. The number of nitrogens with one attached hydrogen (secondary N) is 3. The molecule has 0 saturated heterocycles. The van der Waals surface area contributed by atoms with Crippen molar-refractivity contribution in [1.82, 2.24) is 5.32 Å². The summed E-state index contributed by atoms with van der Waals surface area (Å²) in [6, 6.07) is 13.2. The van der Waals surface area contributed by atoms with Crippen LogP contribution < -0.4 is 20.7 Å². The van der Waals surface area contributed by atoms with Crippen LogP contribution in [0.15, 0.2) is 59.2 Å². The first-order valence-corrected chi connectivity index (χ1v) is 9.57. The maximum Gasteiger partial charge on any atom is 0.291 e. The van der Waals surface area contributed by atoms with Crippen LogP contribution in [-0.2, 0) is 0 Å². The quantitative estimate of drug-likeness (QED) is 0.498. The Hall–Kier alpha value is -3.36. The molecule has 0 unspecified atom stereocenters. The van der Waals surface area contributed by atoms with Crippen molar-refractivity contribution in [3.63, 3.8) is 0 Å². The highest BCUT2D eigenvalue weighted by molar-refractivity contribution is 7.80. The monoisotopic (exact) mass is 443 g/mol. The fourth-order valence-corrected chi connectivity index (χ4v) is 3.14. The number of ether oxygens (including phenoxy) is 1. The zero-order valence-corrected chi connectivity index (χ0v) is 17.7. The summed E-state index contributed by atoms with van der Waals surface area (Å²) in [6.45, 7) is 1.88. The second kappa shape index (κ2) is 9.43. The summed E-state index contributed by atoms with van der Waals surface area (Å²) in [4.78, 5) is 24.6. The maximum absolute atomic E-state index is 12.5. The lowest BCUT2D eigenvalue weighted by molar-refractivity contribution is 0.0975. The molecule has 0 aliphatic rings. The van der Waals surface area contributed by atoms with Crippen molar-refractivity contribution in [2.45, 2.75) is 6.92 Å². The zero-order valence-electron chi connectivity index (χ0n) is 16.1. The van der Waals surface area contributed by atoms with E-state index in [-0.39, 0.29) is 10.9 Å². The minimum absolute atomic E-state index is 0.0458. The Balaban J connectivity index is 1.71. The molecule has 0 radical (unpaired) electrons. The molecular formula is C21H18ClN3O4S. The van der Waals surface area contributed by atoms with Gasteiger partial charge in [-0.05, 0) is 67.2 Å². The molecule has 3 aromatic rings. The van der Waals surface area contributed by atoms with Gasteiger partial charge in [-0.3, -0.25) is 14.9 Å². The lowest BCUT2D eigenvalue weighted by Gasteiger charge is -2.15. The Morgan fingerprint density at radius 2 is 1.87 bits per heavy atom. The molecule has 0 fully saturated rings. The molecule has 0 spiro atoms. The van der Waals surface area contributed by atoms with Crippen molar-refractivity contribution < 1.29 is 18.7 Å². The van der Waals surface area contributed by atoms with Gasteiger partial charge in [0.05, 0.1) is 29.6 Å². The van der Waals surface area contributed by atoms with Crippen LogP contribution in [0.5, 0.6) is 5.75 Å². The third kappa shape index (κ3) is 5.16. The molecule has 0 bridgehead atoms. The number of carbonyl (C=O) groups excluding carboxylic acids is 2. The normalized spacial score (nSPS) is 10.2. The Bertz CT molecular complexity index is 1100. The second-order valence-corrected chi connectivity index (χ2v) is 7.05. The summed E-state index contributed by atoms with van der Waals surface area (Å²) in [7, 11) is 1.50. The Labute approximate surface area is 183 Å².